The van der Waals surface area contributed by atoms with E-state index in [1.165, 1.54) is 29.7 Å². The number of thiazole rings is 1. The molecule has 3 aromatic heterocycles. The molecule has 29 heavy (non-hydrogen) atoms. The highest BCUT2D eigenvalue weighted by atomic mass is 32.1. The fraction of sp³-hybridized carbons (Fsp3) is 0.300. The van der Waals surface area contributed by atoms with Crippen molar-refractivity contribution < 1.29 is 18.4 Å². The number of rotatable bonds is 5. The van der Waals surface area contributed by atoms with Gasteiger partial charge in [0.25, 0.3) is 5.91 Å². The predicted octanol–water partition coefficient (Wildman–Crippen LogP) is 3.72. The van der Waals surface area contributed by atoms with Gasteiger partial charge in [0.15, 0.2) is 0 Å². The summed E-state index contributed by atoms with van der Waals surface area (Å²) < 4.78 is 23.5. The minimum atomic E-state index is -0.417. The summed E-state index contributed by atoms with van der Waals surface area (Å²) >= 11 is 1.32. The van der Waals surface area contributed by atoms with Crippen molar-refractivity contribution in [3.8, 4) is 11.4 Å². The van der Waals surface area contributed by atoms with E-state index in [4.69, 9.17) is 9.26 Å². The highest BCUT2D eigenvalue weighted by molar-refractivity contribution is 7.14. The van der Waals surface area contributed by atoms with Crippen LogP contribution in [0.3, 0.4) is 0 Å². The second kappa shape index (κ2) is 8.62. The molecule has 1 N–H and O–H groups in total. The van der Waals surface area contributed by atoms with Gasteiger partial charge in [-0.3, -0.25) is 9.78 Å². The summed E-state index contributed by atoms with van der Waals surface area (Å²) in [5.74, 6) is -0.521. The Bertz CT molecular complexity index is 1020. The SMILES string of the molecule is Cc1nc(/C=C/c2conc2-c2ccc(F)cn2)sc1C(=O)NC1CCOCC1. The number of hydrogen-bond donors (Lipinski definition) is 1. The van der Waals surface area contributed by atoms with Gasteiger partial charge >= 0.3 is 0 Å². The highest BCUT2D eigenvalue weighted by Gasteiger charge is 2.20. The van der Waals surface area contributed by atoms with Crippen molar-refractivity contribution in [3.05, 3.63) is 51.6 Å². The van der Waals surface area contributed by atoms with E-state index in [1.807, 2.05) is 6.92 Å². The van der Waals surface area contributed by atoms with Gasteiger partial charge in [-0.05, 0) is 44.1 Å². The van der Waals surface area contributed by atoms with Crippen molar-refractivity contribution in [1.29, 1.82) is 0 Å². The molecular formula is C20H19FN4O3S. The van der Waals surface area contributed by atoms with Gasteiger partial charge in [0.05, 0.1) is 17.6 Å². The Balaban J connectivity index is 1.49. The summed E-state index contributed by atoms with van der Waals surface area (Å²) in [6, 6.07) is 2.99. The van der Waals surface area contributed by atoms with Crippen LogP contribution in [0.25, 0.3) is 23.5 Å². The number of amides is 1. The molecule has 0 radical (unpaired) electrons. The predicted molar refractivity (Wildman–Crippen MR) is 107 cm³/mol. The Morgan fingerprint density at radius 2 is 2.14 bits per heavy atom. The molecule has 0 aliphatic carbocycles. The van der Waals surface area contributed by atoms with Crippen molar-refractivity contribution >= 4 is 29.4 Å². The molecule has 0 spiro atoms. The molecule has 1 saturated heterocycles. The number of nitrogens with zero attached hydrogens (tertiary/aromatic N) is 3. The maximum Gasteiger partial charge on any atom is 0.263 e. The number of carbonyl (C=O) groups excluding carboxylic acids is 1. The van der Waals surface area contributed by atoms with Crippen LogP contribution in [0.5, 0.6) is 0 Å². The van der Waals surface area contributed by atoms with Gasteiger partial charge in [-0.15, -0.1) is 11.3 Å². The lowest BCUT2D eigenvalue weighted by atomic mass is 10.1. The zero-order chi connectivity index (χ0) is 20.2. The molecular weight excluding hydrogens is 395 g/mol. The fourth-order valence-electron chi connectivity index (χ4n) is 3.03. The quantitative estimate of drug-likeness (QED) is 0.684. The third kappa shape index (κ3) is 4.57. The van der Waals surface area contributed by atoms with Crippen molar-refractivity contribution in [2.24, 2.45) is 0 Å². The summed E-state index contributed by atoms with van der Waals surface area (Å²) in [4.78, 5) is 21.7. The fourth-order valence-corrected chi connectivity index (χ4v) is 3.90. The Hall–Kier alpha value is -2.91. The molecule has 9 heteroatoms. The summed E-state index contributed by atoms with van der Waals surface area (Å²) in [5.41, 5.74) is 2.38. The second-order valence-electron chi connectivity index (χ2n) is 6.64. The van der Waals surface area contributed by atoms with E-state index in [9.17, 15) is 9.18 Å². The molecule has 0 aromatic carbocycles. The smallest absolute Gasteiger partial charge is 0.263 e. The molecule has 7 nitrogen and oxygen atoms in total. The van der Waals surface area contributed by atoms with Crippen LogP contribution >= 0.6 is 11.3 Å². The van der Waals surface area contributed by atoms with Crippen LogP contribution in [0, 0.1) is 12.7 Å². The second-order valence-corrected chi connectivity index (χ2v) is 7.67. The van der Waals surface area contributed by atoms with Crippen LogP contribution < -0.4 is 5.32 Å². The molecule has 4 heterocycles. The molecule has 0 saturated carbocycles. The van der Waals surface area contributed by atoms with Crippen molar-refractivity contribution in [1.82, 2.24) is 20.4 Å². The minimum Gasteiger partial charge on any atom is -0.381 e. The Morgan fingerprint density at radius 3 is 2.90 bits per heavy atom. The lowest BCUT2D eigenvalue weighted by Crippen LogP contribution is -2.38. The number of aromatic nitrogens is 3. The first-order valence-corrected chi connectivity index (χ1v) is 10.0. The highest BCUT2D eigenvalue weighted by Crippen LogP contribution is 2.24. The molecule has 4 rings (SSSR count). The van der Waals surface area contributed by atoms with Gasteiger partial charge in [-0.1, -0.05) is 5.16 Å². The van der Waals surface area contributed by atoms with E-state index in [1.54, 1.807) is 12.2 Å². The zero-order valence-electron chi connectivity index (χ0n) is 15.7. The van der Waals surface area contributed by atoms with Gasteiger partial charge in [0.1, 0.15) is 27.7 Å². The minimum absolute atomic E-state index is 0.104. The number of carbonyl (C=O) groups is 1. The van der Waals surface area contributed by atoms with Crippen molar-refractivity contribution in [2.75, 3.05) is 13.2 Å². The van der Waals surface area contributed by atoms with E-state index in [-0.39, 0.29) is 11.9 Å². The first-order chi connectivity index (χ1) is 14.1. The Kier molecular flexibility index (Phi) is 5.77. The number of halogens is 1. The van der Waals surface area contributed by atoms with Gasteiger partial charge in [0, 0.05) is 24.8 Å². The Morgan fingerprint density at radius 1 is 1.31 bits per heavy atom. The molecule has 1 fully saturated rings. The molecule has 0 unspecified atom stereocenters. The van der Waals surface area contributed by atoms with Crippen LogP contribution in [-0.4, -0.2) is 40.3 Å². The monoisotopic (exact) mass is 414 g/mol. The van der Waals surface area contributed by atoms with Crippen LogP contribution in [0.4, 0.5) is 4.39 Å². The summed E-state index contributed by atoms with van der Waals surface area (Å²) in [5, 5.41) is 7.69. The number of ether oxygens (including phenoxy) is 1. The standard InChI is InChI=1S/C20H19FN4O3S/c1-12-19(20(26)24-15-6-8-27-9-7-15)29-17(23-12)5-2-13-11-28-25-18(13)16-4-3-14(21)10-22-16/h2-5,10-11,15H,6-9H2,1H3,(H,24,26)/b5-2+. The summed E-state index contributed by atoms with van der Waals surface area (Å²) in [6.07, 6.45) is 7.84. The van der Waals surface area contributed by atoms with E-state index >= 15 is 0 Å². The maximum absolute atomic E-state index is 13.1. The van der Waals surface area contributed by atoms with E-state index in [0.717, 1.165) is 19.0 Å². The van der Waals surface area contributed by atoms with Gasteiger partial charge in [0.2, 0.25) is 0 Å². The third-order valence-corrected chi connectivity index (χ3v) is 5.67. The number of aryl methyl sites for hydroxylation is 1. The molecule has 1 amide bonds. The third-order valence-electron chi connectivity index (χ3n) is 4.55. The average Bonchev–Trinajstić information content (AvgIpc) is 3.34. The number of pyridine rings is 1. The van der Waals surface area contributed by atoms with Crippen LogP contribution in [-0.2, 0) is 4.74 Å². The normalized spacial score (nSPS) is 15.1. The molecule has 0 atom stereocenters. The van der Waals surface area contributed by atoms with E-state index in [2.05, 4.69) is 20.4 Å². The van der Waals surface area contributed by atoms with Crippen LogP contribution in [0.1, 0.15) is 38.8 Å². The zero-order valence-corrected chi connectivity index (χ0v) is 16.5. The lowest BCUT2D eigenvalue weighted by molar-refractivity contribution is 0.0698. The maximum atomic E-state index is 13.1. The Labute approximate surface area is 170 Å². The molecule has 1 aliphatic rings. The van der Waals surface area contributed by atoms with Gasteiger partial charge < -0.3 is 14.6 Å². The average molecular weight is 414 g/mol. The molecule has 1 aliphatic heterocycles. The lowest BCUT2D eigenvalue weighted by Gasteiger charge is -2.22. The summed E-state index contributed by atoms with van der Waals surface area (Å²) in [7, 11) is 0. The van der Waals surface area contributed by atoms with E-state index < -0.39 is 5.82 Å². The molecule has 3 aromatic rings. The van der Waals surface area contributed by atoms with E-state index in [0.29, 0.717) is 45.7 Å². The van der Waals surface area contributed by atoms with Crippen LogP contribution in [0.2, 0.25) is 0 Å². The van der Waals surface area contributed by atoms with Crippen LogP contribution in [0.15, 0.2) is 29.1 Å². The first-order valence-electron chi connectivity index (χ1n) is 9.20. The summed E-state index contributed by atoms with van der Waals surface area (Å²) in [6.45, 7) is 3.16. The number of hydrogen-bond acceptors (Lipinski definition) is 7. The first kappa shape index (κ1) is 19.4. The molecule has 150 valence electrons. The largest absolute Gasteiger partial charge is 0.381 e. The van der Waals surface area contributed by atoms with Crippen molar-refractivity contribution in [2.45, 2.75) is 25.8 Å². The molecule has 0 bridgehead atoms. The van der Waals surface area contributed by atoms with Gasteiger partial charge in [-0.25, -0.2) is 9.37 Å². The topological polar surface area (TPSA) is 90.1 Å². The van der Waals surface area contributed by atoms with Crippen molar-refractivity contribution in [3.63, 3.8) is 0 Å². The van der Waals surface area contributed by atoms with Gasteiger partial charge in [-0.2, -0.15) is 0 Å². The number of nitrogens with one attached hydrogen (secondary N) is 1.